The van der Waals surface area contributed by atoms with Crippen LogP contribution in [-0.2, 0) is 13.5 Å². The third-order valence-electron chi connectivity index (χ3n) is 3.31. The van der Waals surface area contributed by atoms with Crippen LogP contribution in [0.3, 0.4) is 0 Å². The molecule has 2 aromatic rings. The number of aryl methyl sites for hydroxylation is 1. The molecule has 88 valence electrons. The molecule has 0 radical (unpaired) electrons. The van der Waals surface area contributed by atoms with E-state index in [-0.39, 0.29) is 5.82 Å². The average molecular weight is 231 g/mol. The van der Waals surface area contributed by atoms with Crippen molar-refractivity contribution in [1.82, 2.24) is 9.78 Å². The second-order valence-electron chi connectivity index (χ2n) is 4.54. The third kappa shape index (κ3) is 1.60. The number of hydrogen-bond acceptors (Lipinski definition) is 2. The zero-order valence-electron chi connectivity index (χ0n) is 9.94. The van der Waals surface area contributed by atoms with Crippen molar-refractivity contribution in [2.45, 2.75) is 6.42 Å². The Labute approximate surface area is 99.5 Å². The monoisotopic (exact) mass is 231 g/mol. The number of benzene rings is 1. The minimum Gasteiger partial charge on any atom is -0.374 e. The van der Waals surface area contributed by atoms with Crippen molar-refractivity contribution in [2.24, 2.45) is 7.05 Å². The first-order chi connectivity index (χ1) is 8.15. The van der Waals surface area contributed by atoms with Crippen LogP contribution in [0.5, 0.6) is 0 Å². The van der Waals surface area contributed by atoms with Crippen molar-refractivity contribution in [3.63, 3.8) is 0 Å². The molecule has 0 fully saturated rings. The molecule has 17 heavy (non-hydrogen) atoms. The molecule has 0 unspecified atom stereocenters. The highest BCUT2D eigenvalue weighted by atomic mass is 19.1. The van der Waals surface area contributed by atoms with E-state index in [0.29, 0.717) is 5.56 Å². The first kappa shape index (κ1) is 10.3. The summed E-state index contributed by atoms with van der Waals surface area (Å²) in [5.41, 5.74) is 3.71. The number of halogens is 1. The molecule has 0 saturated carbocycles. The second kappa shape index (κ2) is 3.58. The van der Waals surface area contributed by atoms with E-state index < -0.39 is 0 Å². The van der Waals surface area contributed by atoms with E-state index in [9.17, 15) is 4.39 Å². The second-order valence-corrected chi connectivity index (χ2v) is 4.54. The molecule has 3 rings (SSSR count). The molecule has 2 heterocycles. The number of fused-ring (bicyclic) bond motifs is 1. The number of nitrogens with zero attached hydrogens (tertiary/aromatic N) is 3. The molecule has 0 atom stereocenters. The number of aromatic nitrogens is 2. The Morgan fingerprint density at radius 1 is 1.29 bits per heavy atom. The fourth-order valence-electron chi connectivity index (χ4n) is 2.35. The van der Waals surface area contributed by atoms with Crippen LogP contribution >= 0.6 is 0 Å². The number of hydrogen-bond donors (Lipinski definition) is 0. The SMILES string of the molecule is CN1CCc2cc(-c3cnn(C)c3)c(F)cc21. The van der Waals surface area contributed by atoms with E-state index in [4.69, 9.17) is 0 Å². The topological polar surface area (TPSA) is 21.1 Å². The molecular weight excluding hydrogens is 217 g/mol. The summed E-state index contributed by atoms with van der Waals surface area (Å²) in [5, 5.41) is 4.08. The Morgan fingerprint density at radius 3 is 2.82 bits per heavy atom. The van der Waals surface area contributed by atoms with Crippen LogP contribution in [0, 0.1) is 5.82 Å². The third-order valence-corrected chi connectivity index (χ3v) is 3.31. The van der Waals surface area contributed by atoms with Gasteiger partial charge in [-0.05, 0) is 24.1 Å². The largest absolute Gasteiger partial charge is 0.374 e. The first-order valence-electron chi connectivity index (χ1n) is 5.68. The molecule has 0 saturated heterocycles. The molecule has 0 aliphatic carbocycles. The Bertz CT molecular complexity index is 574. The normalized spacial score (nSPS) is 14.2. The fourth-order valence-corrected chi connectivity index (χ4v) is 2.35. The van der Waals surface area contributed by atoms with Gasteiger partial charge in [0.15, 0.2) is 0 Å². The minimum atomic E-state index is -0.175. The van der Waals surface area contributed by atoms with E-state index in [1.165, 1.54) is 5.56 Å². The highest BCUT2D eigenvalue weighted by molar-refractivity contribution is 5.70. The summed E-state index contributed by atoms with van der Waals surface area (Å²) in [6.45, 7) is 0.964. The van der Waals surface area contributed by atoms with Crippen LogP contribution in [0.25, 0.3) is 11.1 Å². The van der Waals surface area contributed by atoms with Gasteiger partial charge < -0.3 is 4.90 Å². The van der Waals surface area contributed by atoms with Gasteiger partial charge in [-0.2, -0.15) is 5.10 Å². The predicted octanol–water partition coefficient (Wildman–Crippen LogP) is 2.22. The standard InChI is InChI=1S/C13H14FN3/c1-16-4-3-9-5-11(12(14)6-13(9)16)10-7-15-17(2)8-10/h5-8H,3-4H2,1-2H3. The van der Waals surface area contributed by atoms with Crippen LogP contribution in [0.4, 0.5) is 10.1 Å². The van der Waals surface area contributed by atoms with Crippen molar-refractivity contribution < 1.29 is 4.39 Å². The van der Waals surface area contributed by atoms with E-state index in [1.807, 2.05) is 26.4 Å². The smallest absolute Gasteiger partial charge is 0.133 e. The van der Waals surface area contributed by atoms with Gasteiger partial charge in [-0.15, -0.1) is 0 Å². The van der Waals surface area contributed by atoms with Crippen molar-refractivity contribution in [3.8, 4) is 11.1 Å². The molecule has 0 bridgehead atoms. The lowest BCUT2D eigenvalue weighted by molar-refractivity contribution is 0.631. The molecule has 1 aromatic carbocycles. The molecule has 0 N–H and O–H groups in total. The molecule has 0 amide bonds. The van der Waals surface area contributed by atoms with Gasteiger partial charge in [0.05, 0.1) is 6.20 Å². The maximum absolute atomic E-state index is 14.0. The molecular formula is C13H14FN3. The number of rotatable bonds is 1. The molecule has 1 aromatic heterocycles. The molecule has 3 nitrogen and oxygen atoms in total. The van der Waals surface area contributed by atoms with E-state index in [2.05, 4.69) is 10.00 Å². The van der Waals surface area contributed by atoms with E-state index >= 15 is 0 Å². The van der Waals surface area contributed by atoms with Crippen LogP contribution < -0.4 is 4.90 Å². The van der Waals surface area contributed by atoms with Gasteiger partial charge in [-0.3, -0.25) is 4.68 Å². The van der Waals surface area contributed by atoms with Gasteiger partial charge >= 0.3 is 0 Å². The van der Waals surface area contributed by atoms with E-state index in [0.717, 1.165) is 24.2 Å². The van der Waals surface area contributed by atoms with Gasteiger partial charge in [-0.25, -0.2) is 4.39 Å². The van der Waals surface area contributed by atoms with Crippen molar-refractivity contribution in [3.05, 3.63) is 35.9 Å². The molecule has 1 aliphatic rings. The van der Waals surface area contributed by atoms with Gasteiger partial charge in [0, 0.05) is 43.7 Å². The van der Waals surface area contributed by atoms with Crippen LogP contribution in [0.15, 0.2) is 24.5 Å². The maximum Gasteiger partial charge on any atom is 0.133 e. The Morgan fingerprint density at radius 2 is 2.12 bits per heavy atom. The van der Waals surface area contributed by atoms with Crippen LogP contribution in [0.2, 0.25) is 0 Å². The lowest BCUT2D eigenvalue weighted by Gasteiger charge is -2.12. The quantitative estimate of drug-likeness (QED) is 0.750. The van der Waals surface area contributed by atoms with Crippen molar-refractivity contribution in [1.29, 1.82) is 0 Å². The van der Waals surface area contributed by atoms with Crippen LogP contribution in [0.1, 0.15) is 5.56 Å². The average Bonchev–Trinajstić information content (AvgIpc) is 2.86. The summed E-state index contributed by atoms with van der Waals surface area (Å²) in [4.78, 5) is 2.09. The Balaban J connectivity index is 2.13. The summed E-state index contributed by atoms with van der Waals surface area (Å²) in [6.07, 6.45) is 4.52. The summed E-state index contributed by atoms with van der Waals surface area (Å²) in [7, 11) is 3.83. The first-order valence-corrected chi connectivity index (χ1v) is 5.68. The lowest BCUT2D eigenvalue weighted by atomic mass is 10.0. The highest BCUT2D eigenvalue weighted by Gasteiger charge is 2.19. The lowest BCUT2D eigenvalue weighted by Crippen LogP contribution is -2.12. The maximum atomic E-state index is 14.0. The van der Waals surface area contributed by atoms with Gasteiger partial charge in [0.1, 0.15) is 5.82 Å². The summed E-state index contributed by atoms with van der Waals surface area (Å²) in [6, 6.07) is 3.58. The number of likely N-dealkylation sites (N-methyl/N-ethyl adjacent to an activating group) is 1. The van der Waals surface area contributed by atoms with Gasteiger partial charge in [0.25, 0.3) is 0 Å². The predicted molar refractivity (Wildman–Crippen MR) is 65.6 cm³/mol. The Kier molecular flexibility index (Phi) is 2.18. The molecule has 0 spiro atoms. The molecule has 1 aliphatic heterocycles. The van der Waals surface area contributed by atoms with Crippen molar-refractivity contribution >= 4 is 5.69 Å². The highest BCUT2D eigenvalue weighted by Crippen LogP contribution is 2.33. The summed E-state index contributed by atoms with van der Waals surface area (Å²) >= 11 is 0. The van der Waals surface area contributed by atoms with Gasteiger partial charge in [0.2, 0.25) is 0 Å². The summed E-state index contributed by atoms with van der Waals surface area (Å²) < 4.78 is 15.7. The Hall–Kier alpha value is -1.84. The van der Waals surface area contributed by atoms with Crippen molar-refractivity contribution in [2.75, 3.05) is 18.5 Å². The van der Waals surface area contributed by atoms with E-state index in [1.54, 1.807) is 16.9 Å². The van der Waals surface area contributed by atoms with Crippen LogP contribution in [-0.4, -0.2) is 23.4 Å². The number of anilines is 1. The zero-order valence-corrected chi connectivity index (χ0v) is 9.94. The van der Waals surface area contributed by atoms with Gasteiger partial charge in [-0.1, -0.05) is 0 Å². The zero-order chi connectivity index (χ0) is 12.0. The summed E-state index contributed by atoms with van der Waals surface area (Å²) in [5.74, 6) is -0.175. The fraction of sp³-hybridized carbons (Fsp3) is 0.308. The minimum absolute atomic E-state index is 0.175. The molecule has 4 heteroatoms.